The second-order valence-corrected chi connectivity index (χ2v) is 6.06. The van der Waals surface area contributed by atoms with Crippen molar-refractivity contribution < 1.29 is 13.5 Å². The summed E-state index contributed by atoms with van der Waals surface area (Å²) in [5.74, 6) is 0. The topological polar surface area (TPSA) is 81.4 Å². The Bertz CT molecular complexity index is 357. The fourth-order valence-electron chi connectivity index (χ4n) is 1.82. The van der Waals surface area contributed by atoms with Gasteiger partial charge in [0, 0.05) is 12.6 Å². The summed E-state index contributed by atoms with van der Waals surface area (Å²) in [5.41, 5.74) is 0. The van der Waals surface area contributed by atoms with E-state index in [4.69, 9.17) is 10.4 Å². The predicted molar refractivity (Wildman–Crippen MR) is 60.0 cm³/mol. The molecule has 1 aliphatic carbocycles. The summed E-state index contributed by atoms with van der Waals surface area (Å²) in [4.78, 5) is 0. The molecule has 0 heterocycles. The lowest BCUT2D eigenvalue weighted by Crippen LogP contribution is -2.48. The largest absolute Gasteiger partial charge is 0.395 e. The molecule has 1 unspecified atom stereocenters. The fraction of sp³-hybridized carbons (Fsp3) is 0.900. The van der Waals surface area contributed by atoms with E-state index >= 15 is 0 Å². The van der Waals surface area contributed by atoms with Crippen LogP contribution in [0.4, 0.5) is 0 Å². The SMILES string of the molecule is CCC(C#N)S(=O)(=O)N(CCO)C1CCC1. The molecule has 0 aromatic heterocycles. The van der Waals surface area contributed by atoms with E-state index in [2.05, 4.69) is 0 Å². The first-order valence-electron chi connectivity index (χ1n) is 5.59. The molecular weight excluding hydrogens is 228 g/mol. The molecule has 0 saturated heterocycles. The van der Waals surface area contributed by atoms with Gasteiger partial charge in [-0.3, -0.25) is 0 Å². The highest BCUT2D eigenvalue weighted by Crippen LogP contribution is 2.28. The van der Waals surface area contributed by atoms with Crippen molar-refractivity contribution in [2.45, 2.75) is 43.9 Å². The monoisotopic (exact) mass is 246 g/mol. The highest BCUT2D eigenvalue weighted by molar-refractivity contribution is 7.90. The van der Waals surface area contributed by atoms with Gasteiger partial charge in [0.05, 0.1) is 12.7 Å². The second-order valence-electron chi connectivity index (χ2n) is 3.99. The van der Waals surface area contributed by atoms with Crippen LogP contribution < -0.4 is 0 Å². The Morgan fingerprint density at radius 1 is 1.56 bits per heavy atom. The van der Waals surface area contributed by atoms with E-state index < -0.39 is 15.3 Å². The van der Waals surface area contributed by atoms with Gasteiger partial charge in [-0.15, -0.1) is 0 Å². The Kier molecular flexibility index (Phi) is 4.71. The van der Waals surface area contributed by atoms with Gasteiger partial charge in [0.25, 0.3) is 0 Å². The summed E-state index contributed by atoms with van der Waals surface area (Å²) < 4.78 is 25.5. The number of aliphatic hydroxyl groups excluding tert-OH is 1. The van der Waals surface area contributed by atoms with Crippen LogP contribution in [-0.2, 0) is 10.0 Å². The Labute approximate surface area is 96.7 Å². The van der Waals surface area contributed by atoms with E-state index in [9.17, 15) is 8.42 Å². The van der Waals surface area contributed by atoms with E-state index in [1.165, 1.54) is 4.31 Å². The van der Waals surface area contributed by atoms with Crippen molar-refractivity contribution >= 4 is 10.0 Å². The fourth-order valence-corrected chi connectivity index (χ4v) is 3.67. The van der Waals surface area contributed by atoms with Gasteiger partial charge in [-0.05, 0) is 19.3 Å². The van der Waals surface area contributed by atoms with Gasteiger partial charge >= 0.3 is 0 Å². The maximum absolute atomic E-state index is 12.1. The molecule has 0 aromatic carbocycles. The van der Waals surface area contributed by atoms with Crippen LogP contribution in [0, 0.1) is 11.3 Å². The van der Waals surface area contributed by atoms with Crippen molar-refractivity contribution in [2.75, 3.05) is 13.2 Å². The second kappa shape index (κ2) is 5.62. The van der Waals surface area contributed by atoms with E-state index in [1.807, 2.05) is 6.07 Å². The third-order valence-corrected chi connectivity index (χ3v) is 5.30. The highest BCUT2D eigenvalue weighted by atomic mass is 32.2. The van der Waals surface area contributed by atoms with Crippen LogP contribution in [-0.4, -0.2) is 42.3 Å². The lowest BCUT2D eigenvalue weighted by molar-refractivity contribution is 0.177. The molecule has 6 heteroatoms. The molecule has 1 atom stereocenters. The van der Waals surface area contributed by atoms with Crippen LogP contribution in [0.15, 0.2) is 0 Å². The summed E-state index contributed by atoms with van der Waals surface area (Å²) in [6.45, 7) is 1.59. The van der Waals surface area contributed by atoms with Crippen molar-refractivity contribution in [3.05, 3.63) is 0 Å². The molecule has 16 heavy (non-hydrogen) atoms. The number of nitriles is 1. The van der Waals surface area contributed by atoms with E-state index in [1.54, 1.807) is 6.92 Å². The van der Waals surface area contributed by atoms with Gasteiger partial charge in [-0.25, -0.2) is 8.42 Å². The lowest BCUT2D eigenvalue weighted by atomic mass is 9.93. The molecule has 5 nitrogen and oxygen atoms in total. The van der Waals surface area contributed by atoms with Crippen molar-refractivity contribution in [2.24, 2.45) is 0 Å². The average molecular weight is 246 g/mol. The van der Waals surface area contributed by atoms with Crippen LogP contribution in [0.1, 0.15) is 32.6 Å². The molecule has 1 saturated carbocycles. The van der Waals surface area contributed by atoms with Crippen LogP contribution >= 0.6 is 0 Å². The molecule has 0 radical (unpaired) electrons. The van der Waals surface area contributed by atoms with Crippen molar-refractivity contribution in [1.82, 2.24) is 4.31 Å². The van der Waals surface area contributed by atoms with Gasteiger partial charge in [0.2, 0.25) is 10.0 Å². The molecule has 0 aliphatic heterocycles. The zero-order chi connectivity index (χ0) is 12.2. The van der Waals surface area contributed by atoms with Crippen LogP contribution in [0.2, 0.25) is 0 Å². The summed E-state index contributed by atoms with van der Waals surface area (Å²) in [6.07, 6.45) is 2.97. The maximum atomic E-state index is 12.1. The number of hydrogen-bond acceptors (Lipinski definition) is 4. The number of sulfonamides is 1. The quantitative estimate of drug-likeness (QED) is 0.738. The predicted octanol–water partition coefficient (Wildman–Crippen LogP) is 0.465. The van der Waals surface area contributed by atoms with Gasteiger partial charge in [0.1, 0.15) is 0 Å². The molecule has 1 rings (SSSR count). The standard InChI is InChI=1S/C10H18N2O3S/c1-2-10(8-11)16(14,15)12(6-7-13)9-4-3-5-9/h9-10,13H,2-7H2,1H3. The average Bonchev–Trinajstić information content (AvgIpc) is 2.16. The molecule has 0 amide bonds. The molecule has 0 bridgehead atoms. The summed E-state index contributed by atoms with van der Waals surface area (Å²) in [6, 6.07) is 1.81. The van der Waals surface area contributed by atoms with Crippen molar-refractivity contribution in [3.63, 3.8) is 0 Å². The number of rotatable bonds is 6. The van der Waals surface area contributed by atoms with Gasteiger partial charge in [0.15, 0.2) is 5.25 Å². The number of nitrogens with zero attached hydrogens (tertiary/aromatic N) is 2. The number of aliphatic hydroxyl groups is 1. The van der Waals surface area contributed by atoms with Gasteiger partial charge in [-0.1, -0.05) is 13.3 Å². The van der Waals surface area contributed by atoms with Crippen molar-refractivity contribution in [3.8, 4) is 6.07 Å². The number of hydrogen-bond donors (Lipinski definition) is 1. The molecule has 1 aliphatic rings. The van der Waals surface area contributed by atoms with E-state index in [-0.39, 0.29) is 25.6 Å². The Morgan fingerprint density at radius 3 is 2.50 bits per heavy atom. The molecule has 92 valence electrons. The van der Waals surface area contributed by atoms with E-state index in [0.29, 0.717) is 0 Å². The van der Waals surface area contributed by atoms with Crippen LogP contribution in [0.5, 0.6) is 0 Å². The summed E-state index contributed by atoms with van der Waals surface area (Å²) >= 11 is 0. The minimum atomic E-state index is -3.57. The first-order chi connectivity index (χ1) is 7.57. The molecule has 1 N–H and O–H groups in total. The smallest absolute Gasteiger partial charge is 0.230 e. The minimum absolute atomic E-state index is 0.0143. The Hall–Kier alpha value is -0.640. The minimum Gasteiger partial charge on any atom is -0.395 e. The first-order valence-corrected chi connectivity index (χ1v) is 7.09. The normalized spacial score (nSPS) is 19.1. The molecule has 1 fully saturated rings. The van der Waals surface area contributed by atoms with E-state index in [0.717, 1.165) is 19.3 Å². The molecular formula is C10H18N2O3S. The lowest BCUT2D eigenvalue weighted by Gasteiger charge is -2.37. The molecule has 0 aromatic rings. The zero-order valence-electron chi connectivity index (χ0n) is 9.46. The van der Waals surface area contributed by atoms with Crippen LogP contribution in [0.3, 0.4) is 0 Å². The maximum Gasteiger partial charge on any atom is 0.230 e. The first kappa shape index (κ1) is 13.4. The third-order valence-electron chi connectivity index (χ3n) is 3.00. The summed E-state index contributed by atoms with van der Waals surface area (Å²) in [7, 11) is -3.57. The highest BCUT2D eigenvalue weighted by Gasteiger charge is 2.37. The summed E-state index contributed by atoms with van der Waals surface area (Å²) in [5, 5.41) is 16.8. The Morgan fingerprint density at radius 2 is 2.19 bits per heavy atom. The van der Waals surface area contributed by atoms with Gasteiger partial charge in [-0.2, -0.15) is 9.57 Å². The Balaban J connectivity index is 2.87. The zero-order valence-corrected chi connectivity index (χ0v) is 10.3. The third kappa shape index (κ3) is 2.54. The van der Waals surface area contributed by atoms with Gasteiger partial charge < -0.3 is 5.11 Å². The molecule has 0 spiro atoms. The van der Waals surface area contributed by atoms with Crippen LogP contribution in [0.25, 0.3) is 0 Å². The van der Waals surface area contributed by atoms with Crippen molar-refractivity contribution in [1.29, 1.82) is 5.26 Å².